The highest BCUT2D eigenvalue weighted by molar-refractivity contribution is 7.98. The van der Waals surface area contributed by atoms with E-state index < -0.39 is 43.7 Å². The van der Waals surface area contributed by atoms with Gasteiger partial charge in [0.15, 0.2) is 20.8 Å². The second kappa shape index (κ2) is 8.97. The first kappa shape index (κ1) is 22.0. The molecule has 156 valence electrons. The topological polar surface area (TPSA) is 77.0 Å². The predicted molar refractivity (Wildman–Crippen MR) is 105 cm³/mol. The zero-order valence-electron chi connectivity index (χ0n) is 15.6. The van der Waals surface area contributed by atoms with Crippen molar-refractivity contribution in [3.63, 3.8) is 0 Å². The third-order valence-electron chi connectivity index (χ3n) is 4.17. The fraction of sp³-hybridized carbons (Fsp3) is 0.150. The highest BCUT2D eigenvalue weighted by Gasteiger charge is 2.26. The predicted octanol–water partition coefficient (Wildman–Crippen LogP) is 4.02. The van der Waals surface area contributed by atoms with Gasteiger partial charge in [0.05, 0.1) is 23.4 Å². The molecule has 0 saturated carbocycles. The van der Waals surface area contributed by atoms with E-state index in [0.29, 0.717) is 10.9 Å². The summed E-state index contributed by atoms with van der Waals surface area (Å²) in [5.74, 6) is -5.20. The number of rotatable bonds is 7. The van der Waals surface area contributed by atoms with Crippen LogP contribution in [0.4, 0.5) is 13.2 Å². The van der Waals surface area contributed by atoms with Crippen LogP contribution in [0.15, 0.2) is 58.7 Å². The van der Waals surface area contributed by atoms with Crippen molar-refractivity contribution < 1.29 is 26.4 Å². The molecule has 0 unspecified atom stereocenters. The van der Waals surface area contributed by atoms with Gasteiger partial charge in [-0.3, -0.25) is 4.79 Å². The summed E-state index contributed by atoms with van der Waals surface area (Å²) in [5, 5.41) is 0.451. The van der Waals surface area contributed by atoms with Gasteiger partial charge in [-0.25, -0.2) is 31.6 Å². The van der Waals surface area contributed by atoms with Gasteiger partial charge in [-0.1, -0.05) is 30.0 Å². The Balaban J connectivity index is 1.90. The summed E-state index contributed by atoms with van der Waals surface area (Å²) in [7, 11) is -4.53. The summed E-state index contributed by atoms with van der Waals surface area (Å²) < 4.78 is 67.6. The van der Waals surface area contributed by atoms with Crippen molar-refractivity contribution in [1.29, 1.82) is 0 Å². The van der Waals surface area contributed by atoms with E-state index in [1.54, 1.807) is 6.26 Å². The Morgan fingerprint density at radius 1 is 1.03 bits per heavy atom. The molecule has 30 heavy (non-hydrogen) atoms. The monoisotopic (exact) mass is 452 g/mol. The Labute approximate surface area is 175 Å². The Kier molecular flexibility index (Phi) is 6.57. The number of hydrogen-bond donors (Lipinski definition) is 0. The van der Waals surface area contributed by atoms with E-state index in [-0.39, 0.29) is 17.5 Å². The van der Waals surface area contributed by atoms with Crippen molar-refractivity contribution in [2.24, 2.45) is 0 Å². The van der Waals surface area contributed by atoms with E-state index in [0.717, 1.165) is 24.3 Å². The lowest BCUT2D eigenvalue weighted by Crippen LogP contribution is -2.13. The lowest BCUT2D eigenvalue weighted by Gasteiger charge is -2.10. The van der Waals surface area contributed by atoms with Crippen LogP contribution < -0.4 is 0 Å². The zero-order valence-corrected chi connectivity index (χ0v) is 17.2. The number of nitrogens with zero attached hydrogens (tertiary/aromatic N) is 2. The molecule has 0 spiro atoms. The maximum absolute atomic E-state index is 14.9. The van der Waals surface area contributed by atoms with E-state index in [1.807, 2.05) is 0 Å². The number of aromatic nitrogens is 2. The van der Waals surface area contributed by atoms with Gasteiger partial charge in [0.1, 0.15) is 22.3 Å². The van der Waals surface area contributed by atoms with Gasteiger partial charge in [-0.2, -0.15) is 0 Å². The normalized spacial score (nSPS) is 11.5. The molecule has 0 aliphatic carbocycles. The first-order chi connectivity index (χ1) is 14.2. The van der Waals surface area contributed by atoms with Gasteiger partial charge in [0.25, 0.3) is 0 Å². The molecular weight excluding hydrogens is 437 g/mol. The van der Waals surface area contributed by atoms with Crippen LogP contribution in [0.3, 0.4) is 0 Å². The molecule has 10 heteroatoms. The largest absolute Gasteiger partial charge is 0.294 e. The van der Waals surface area contributed by atoms with Gasteiger partial charge in [-0.15, -0.1) is 0 Å². The maximum Gasteiger partial charge on any atom is 0.188 e. The van der Waals surface area contributed by atoms with Crippen molar-refractivity contribution in [2.45, 2.75) is 22.2 Å². The Morgan fingerprint density at radius 2 is 1.70 bits per heavy atom. The molecular formula is C20H15F3N2O3S2. The van der Waals surface area contributed by atoms with Crippen LogP contribution in [0.5, 0.6) is 0 Å². The van der Waals surface area contributed by atoms with Gasteiger partial charge in [0, 0.05) is 11.8 Å². The molecule has 0 atom stereocenters. The first-order valence-electron chi connectivity index (χ1n) is 8.56. The quantitative estimate of drug-likeness (QED) is 0.306. The highest BCUT2D eigenvalue weighted by atomic mass is 32.2. The molecule has 0 fully saturated rings. The third kappa shape index (κ3) is 4.71. The number of carbonyl (C=O) groups is 1. The highest BCUT2D eigenvalue weighted by Crippen LogP contribution is 2.25. The summed E-state index contributed by atoms with van der Waals surface area (Å²) in [5.41, 5.74) is -0.317. The Bertz CT molecular complexity index is 1200. The number of Topliss-reactive ketones (excluding diaryl/α,β-unsaturated/α-hetero) is 1. The minimum absolute atomic E-state index is 0.217. The van der Waals surface area contributed by atoms with E-state index in [2.05, 4.69) is 9.97 Å². The standard InChI is InChI=1S/C20H15F3N2O3S2/c1-29-20-24-9-8-13(25-20)10-17(26)14-5-2-4-12(18(14)23)11-30(27,28)19-15(21)6-3-7-16(19)22/h2-9H,10-11H2,1H3. The van der Waals surface area contributed by atoms with Crippen LogP contribution in [0.25, 0.3) is 0 Å². The summed E-state index contributed by atoms with van der Waals surface area (Å²) in [6.07, 6.45) is 3.03. The van der Waals surface area contributed by atoms with Crippen LogP contribution in [-0.2, 0) is 22.0 Å². The average molecular weight is 452 g/mol. The van der Waals surface area contributed by atoms with E-state index in [4.69, 9.17) is 0 Å². The number of ketones is 1. The van der Waals surface area contributed by atoms with Crippen LogP contribution >= 0.6 is 11.8 Å². The zero-order chi connectivity index (χ0) is 21.9. The van der Waals surface area contributed by atoms with Gasteiger partial charge in [-0.05, 0) is 30.5 Å². The van der Waals surface area contributed by atoms with Gasteiger partial charge in [0.2, 0.25) is 0 Å². The van der Waals surface area contributed by atoms with Gasteiger partial charge >= 0.3 is 0 Å². The minimum Gasteiger partial charge on any atom is -0.294 e. The summed E-state index contributed by atoms with van der Waals surface area (Å²) in [6.45, 7) is 0. The smallest absolute Gasteiger partial charge is 0.188 e. The second-order valence-corrected chi connectivity index (χ2v) is 8.92. The Morgan fingerprint density at radius 3 is 2.37 bits per heavy atom. The van der Waals surface area contributed by atoms with Gasteiger partial charge < -0.3 is 0 Å². The van der Waals surface area contributed by atoms with Crippen LogP contribution in [0, 0.1) is 17.5 Å². The molecule has 0 aliphatic heterocycles. The third-order valence-corrected chi connectivity index (χ3v) is 6.43. The molecule has 0 radical (unpaired) electrons. The molecule has 0 N–H and O–H groups in total. The number of hydrogen-bond acceptors (Lipinski definition) is 6. The molecule has 3 aromatic rings. The fourth-order valence-electron chi connectivity index (χ4n) is 2.80. The fourth-order valence-corrected chi connectivity index (χ4v) is 4.68. The number of carbonyl (C=O) groups excluding carboxylic acids is 1. The number of thioether (sulfide) groups is 1. The molecule has 0 bridgehead atoms. The first-order valence-corrected chi connectivity index (χ1v) is 11.4. The van der Waals surface area contributed by atoms with E-state index >= 15 is 0 Å². The molecule has 0 amide bonds. The van der Waals surface area contributed by atoms with Crippen LogP contribution in [0.1, 0.15) is 21.6 Å². The van der Waals surface area contributed by atoms with E-state index in [9.17, 15) is 26.4 Å². The number of halogens is 3. The lowest BCUT2D eigenvalue weighted by molar-refractivity contribution is 0.0987. The van der Waals surface area contributed by atoms with Crippen molar-refractivity contribution in [1.82, 2.24) is 9.97 Å². The van der Waals surface area contributed by atoms with Crippen molar-refractivity contribution in [3.8, 4) is 0 Å². The van der Waals surface area contributed by atoms with Crippen molar-refractivity contribution in [2.75, 3.05) is 6.26 Å². The molecule has 0 aliphatic rings. The summed E-state index contributed by atoms with van der Waals surface area (Å²) in [6, 6.07) is 7.83. The molecule has 2 aromatic carbocycles. The minimum atomic E-state index is -4.53. The lowest BCUT2D eigenvalue weighted by atomic mass is 10.0. The molecule has 5 nitrogen and oxygen atoms in total. The Hall–Kier alpha value is -2.72. The molecule has 1 aromatic heterocycles. The van der Waals surface area contributed by atoms with Crippen molar-refractivity contribution >= 4 is 27.4 Å². The molecule has 3 rings (SSSR count). The number of benzene rings is 2. The van der Waals surface area contributed by atoms with Crippen LogP contribution in [-0.4, -0.2) is 30.4 Å². The summed E-state index contributed by atoms with van der Waals surface area (Å²) >= 11 is 1.28. The second-order valence-electron chi connectivity index (χ2n) is 6.22. The van der Waals surface area contributed by atoms with E-state index in [1.165, 1.54) is 36.2 Å². The molecule has 1 heterocycles. The maximum atomic E-state index is 14.9. The SMILES string of the molecule is CSc1nccc(CC(=O)c2cccc(CS(=O)(=O)c3c(F)cccc3F)c2F)n1. The van der Waals surface area contributed by atoms with Crippen molar-refractivity contribution in [3.05, 3.63) is 82.9 Å². The average Bonchev–Trinajstić information content (AvgIpc) is 2.69. The molecule has 0 saturated heterocycles. The van der Waals surface area contributed by atoms with Crippen LogP contribution in [0.2, 0.25) is 0 Å². The number of sulfone groups is 1. The summed E-state index contributed by atoms with van der Waals surface area (Å²) in [4.78, 5) is 19.6.